The van der Waals surface area contributed by atoms with E-state index in [-0.39, 0.29) is 27.8 Å². The molecule has 36 heavy (non-hydrogen) atoms. The SMILES string of the molecule is CC[C@@](Cc1ccc(NC(=O)c2c(Cl)cncc2Cl)cc1)(NC1=C(Br)C(=O)C12CCCCC2)C(=O)O. The van der Waals surface area contributed by atoms with Crippen molar-refractivity contribution in [2.24, 2.45) is 5.41 Å². The van der Waals surface area contributed by atoms with E-state index in [0.29, 0.717) is 22.3 Å². The zero-order valence-electron chi connectivity index (χ0n) is 19.7. The number of ketones is 1. The lowest BCUT2D eigenvalue weighted by Gasteiger charge is -2.48. The van der Waals surface area contributed by atoms with Crippen molar-refractivity contribution < 1.29 is 19.5 Å². The van der Waals surface area contributed by atoms with E-state index in [1.807, 2.05) is 6.92 Å². The molecule has 2 aromatic rings. The number of Topliss-reactive ketones (excluding diaryl/α,β-unsaturated/α-hetero) is 1. The maximum atomic E-state index is 12.8. The minimum atomic E-state index is -1.29. The fraction of sp³-hybridized carbons (Fsp3) is 0.385. The zero-order chi connectivity index (χ0) is 26.1. The van der Waals surface area contributed by atoms with Crippen LogP contribution in [0.5, 0.6) is 0 Å². The van der Waals surface area contributed by atoms with Gasteiger partial charge >= 0.3 is 5.97 Å². The molecule has 7 nitrogen and oxygen atoms in total. The summed E-state index contributed by atoms with van der Waals surface area (Å²) in [6, 6.07) is 6.94. The standard InChI is InChI=1S/C26H26BrCl2N3O4/c1-2-26(24(35)36,32-21-20(27)22(33)25(21)10-4-3-5-11-25)12-15-6-8-16(9-7-15)31-23(34)19-17(28)13-30-14-18(19)29/h6-9,13-14,32H,2-5,10-12H2,1H3,(H,31,34)(H,35,36)/t26-/m0/s1. The largest absolute Gasteiger partial charge is 0.479 e. The maximum absolute atomic E-state index is 12.8. The lowest BCUT2D eigenvalue weighted by atomic mass is 9.62. The average Bonchev–Trinajstić information content (AvgIpc) is 2.87. The molecule has 1 heterocycles. The Balaban J connectivity index is 1.53. The number of hydrogen-bond donors (Lipinski definition) is 3. The number of rotatable bonds is 8. The lowest BCUT2D eigenvalue weighted by molar-refractivity contribution is -0.145. The third kappa shape index (κ3) is 4.78. The summed E-state index contributed by atoms with van der Waals surface area (Å²) < 4.78 is 0.454. The predicted octanol–water partition coefficient (Wildman–Crippen LogP) is 6.15. The first-order valence-electron chi connectivity index (χ1n) is 11.8. The molecule has 4 rings (SSSR count). The fourth-order valence-electron chi connectivity index (χ4n) is 5.05. The Morgan fingerprint density at radius 1 is 1.11 bits per heavy atom. The van der Waals surface area contributed by atoms with Gasteiger partial charge in [0.05, 0.1) is 25.5 Å². The van der Waals surface area contributed by atoms with Gasteiger partial charge < -0.3 is 15.7 Å². The van der Waals surface area contributed by atoms with Crippen LogP contribution >= 0.6 is 39.1 Å². The quantitative estimate of drug-likeness (QED) is 0.338. The Morgan fingerprint density at radius 3 is 2.28 bits per heavy atom. The normalized spacial score (nSPS) is 18.4. The van der Waals surface area contributed by atoms with E-state index in [9.17, 15) is 19.5 Å². The first kappa shape index (κ1) is 26.6. The van der Waals surface area contributed by atoms with Crippen molar-refractivity contribution in [1.82, 2.24) is 10.3 Å². The maximum Gasteiger partial charge on any atom is 0.329 e. The number of benzene rings is 1. The second-order valence-electron chi connectivity index (χ2n) is 9.33. The highest BCUT2D eigenvalue weighted by atomic mass is 79.9. The van der Waals surface area contributed by atoms with Crippen molar-refractivity contribution in [3.8, 4) is 0 Å². The molecule has 1 spiro atoms. The van der Waals surface area contributed by atoms with Crippen molar-refractivity contribution in [3.63, 3.8) is 0 Å². The van der Waals surface area contributed by atoms with Crippen molar-refractivity contribution in [2.45, 2.75) is 57.4 Å². The molecule has 1 atom stereocenters. The molecule has 1 fully saturated rings. The van der Waals surface area contributed by atoms with Crippen LogP contribution in [-0.2, 0) is 16.0 Å². The minimum absolute atomic E-state index is 0.0644. The van der Waals surface area contributed by atoms with Crippen molar-refractivity contribution in [1.29, 1.82) is 0 Å². The van der Waals surface area contributed by atoms with Crippen LogP contribution in [0.15, 0.2) is 46.8 Å². The zero-order valence-corrected chi connectivity index (χ0v) is 22.8. The summed E-state index contributed by atoms with van der Waals surface area (Å²) in [4.78, 5) is 41.8. The molecule has 0 saturated heterocycles. The molecular formula is C26H26BrCl2N3O4. The Labute approximate surface area is 227 Å². The second kappa shape index (κ2) is 10.5. The second-order valence-corrected chi connectivity index (χ2v) is 10.9. The fourth-order valence-corrected chi connectivity index (χ4v) is 6.44. The van der Waals surface area contributed by atoms with Gasteiger partial charge in [-0.3, -0.25) is 14.6 Å². The third-order valence-electron chi connectivity index (χ3n) is 7.21. The van der Waals surface area contributed by atoms with Crippen molar-refractivity contribution in [2.75, 3.05) is 5.32 Å². The van der Waals surface area contributed by atoms with Crippen LogP contribution < -0.4 is 10.6 Å². The van der Waals surface area contributed by atoms with Gasteiger partial charge in [0.1, 0.15) is 5.54 Å². The van der Waals surface area contributed by atoms with Gasteiger partial charge in [-0.1, -0.05) is 61.5 Å². The third-order valence-corrected chi connectivity index (χ3v) is 8.54. The van der Waals surface area contributed by atoms with E-state index in [4.69, 9.17) is 23.2 Å². The van der Waals surface area contributed by atoms with E-state index in [2.05, 4.69) is 31.5 Å². The number of carbonyl (C=O) groups is 3. The molecule has 1 saturated carbocycles. The number of nitrogens with zero attached hydrogens (tertiary/aromatic N) is 1. The van der Waals surface area contributed by atoms with Gasteiger partial charge in [-0.2, -0.15) is 0 Å². The molecule has 1 amide bonds. The summed E-state index contributed by atoms with van der Waals surface area (Å²) in [5.41, 5.74) is 0.229. The number of halogens is 3. The van der Waals surface area contributed by atoms with Gasteiger partial charge in [0.2, 0.25) is 0 Å². The van der Waals surface area contributed by atoms with E-state index >= 15 is 0 Å². The number of anilines is 1. The van der Waals surface area contributed by atoms with Gasteiger partial charge in [0.25, 0.3) is 5.91 Å². The van der Waals surface area contributed by atoms with Crippen LogP contribution in [0.2, 0.25) is 10.0 Å². The van der Waals surface area contributed by atoms with E-state index in [1.54, 1.807) is 24.3 Å². The molecular weight excluding hydrogens is 569 g/mol. The van der Waals surface area contributed by atoms with Crippen LogP contribution in [-0.4, -0.2) is 33.3 Å². The number of nitrogens with one attached hydrogen (secondary N) is 2. The number of amides is 1. The number of pyridine rings is 1. The summed E-state index contributed by atoms with van der Waals surface area (Å²) >= 11 is 15.5. The summed E-state index contributed by atoms with van der Waals surface area (Å²) in [5, 5.41) is 16.6. The van der Waals surface area contributed by atoms with Crippen molar-refractivity contribution >= 4 is 62.5 Å². The highest BCUT2D eigenvalue weighted by Gasteiger charge is 2.55. The average molecular weight is 595 g/mol. The minimum Gasteiger partial charge on any atom is -0.479 e. The van der Waals surface area contributed by atoms with E-state index < -0.39 is 22.8 Å². The van der Waals surface area contributed by atoms with Gasteiger partial charge in [-0.15, -0.1) is 0 Å². The Kier molecular flexibility index (Phi) is 7.78. The lowest BCUT2D eigenvalue weighted by Crippen LogP contribution is -2.60. The summed E-state index contributed by atoms with van der Waals surface area (Å²) in [7, 11) is 0. The van der Waals surface area contributed by atoms with Crippen LogP contribution in [0.25, 0.3) is 0 Å². The number of carboxylic acids is 1. The highest BCUT2D eigenvalue weighted by Crippen LogP contribution is 2.54. The van der Waals surface area contributed by atoms with E-state index in [0.717, 1.165) is 37.7 Å². The van der Waals surface area contributed by atoms with Gasteiger partial charge in [-0.05, 0) is 52.9 Å². The molecule has 2 aliphatic carbocycles. The molecule has 0 unspecified atom stereocenters. The number of hydrogen-bond acceptors (Lipinski definition) is 5. The number of allylic oxidation sites excluding steroid dienone is 2. The molecule has 0 bridgehead atoms. The van der Waals surface area contributed by atoms with Gasteiger partial charge in [-0.25, -0.2) is 4.79 Å². The summed E-state index contributed by atoms with van der Waals surface area (Å²) in [5.74, 6) is -1.39. The number of carboxylic acid groups (broad SMARTS) is 1. The Hall–Kier alpha value is -2.42. The molecule has 2 aliphatic rings. The Morgan fingerprint density at radius 2 is 1.72 bits per heavy atom. The number of aliphatic carboxylic acids is 1. The van der Waals surface area contributed by atoms with Crippen molar-refractivity contribution in [3.05, 3.63) is 68.0 Å². The van der Waals surface area contributed by atoms with Gasteiger partial charge in [0, 0.05) is 30.2 Å². The summed E-state index contributed by atoms with van der Waals surface area (Å²) in [6.07, 6.45) is 7.66. The summed E-state index contributed by atoms with van der Waals surface area (Å²) in [6.45, 7) is 1.82. The first-order valence-corrected chi connectivity index (χ1v) is 13.3. The first-order chi connectivity index (χ1) is 17.1. The van der Waals surface area contributed by atoms with E-state index in [1.165, 1.54) is 12.4 Å². The van der Waals surface area contributed by atoms with Crippen LogP contribution in [0, 0.1) is 5.41 Å². The topological polar surface area (TPSA) is 108 Å². The number of carbonyl (C=O) groups excluding carboxylic acids is 2. The Bertz CT molecular complexity index is 1220. The van der Waals surface area contributed by atoms with Crippen LogP contribution in [0.1, 0.15) is 61.4 Å². The molecule has 0 radical (unpaired) electrons. The van der Waals surface area contributed by atoms with Crippen LogP contribution in [0.4, 0.5) is 5.69 Å². The molecule has 10 heteroatoms. The molecule has 0 aliphatic heterocycles. The monoisotopic (exact) mass is 593 g/mol. The highest BCUT2D eigenvalue weighted by molar-refractivity contribution is 9.12. The smallest absolute Gasteiger partial charge is 0.329 e. The molecule has 190 valence electrons. The molecule has 1 aromatic heterocycles. The predicted molar refractivity (Wildman–Crippen MR) is 143 cm³/mol. The molecule has 3 N–H and O–H groups in total. The van der Waals surface area contributed by atoms with Crippen LogP contribution in [0.3, 0.4) is 0 Å². The number of aromatic nitrogens is 1. The molecule has 1 aromatic carbocycles. The van der Waals surface area contributed by atoms with Gasteiger partial charge in [0.15, 0.2) is 5.78 Å².